The number of morpholine rings is 1. The van der Waals surface area contributed by atoms with Gasteiger partial charge in [-0.2, -0.15) is 4.90 Å². The molecule has 8 heteroatoms. The van der Waals surface area contributed by atoms with Crippen LogP contribution in [0.1, 0.15) is 20.8 Å². The zero-order valence-electron chi connectivity index (χ0n) is 14.3. The number of ether oxygens (including phenoxy) is 1. The minimum atomic E-state index is -1.11. The van der Waals surface area contributed by atoms with E-state index in [1.165, 1.54) is 14.1 Å². The summed E-state index contributed by atoms with van der Waals surface area (Å²) in [5.41, 5.74) is 5.51. The number of hydrogen-bond acceptors (Lipinski definition) is 6. The Morgan fingerprint density at radius 2 is 2.04 bits per heavy atom. The van der Waals surface area contributed by atoms with E-state index in [-0.39, 0.29) is 29.9 Å². The van der Waals surface area contributed by atoms with Gasteiger partial charge < -0.3 is 10.5 Å². The van der Waals surface area contributed by atoms with E-state index in [2.05, 4.69) is 0 Å². The van der Waals surface area contributed by atoms with Crippen LogP contribution < -0.4 is 5.73 Å². The molecule has 0 saturated carbocycles. The Hall–Kier alpha value is -1.80. The Labute approximate surface area is 135 Å². The van der Waals surface area contributed by atoms with E-state index in [1.807, 2.05) is 25.7 Å². The molecule has 0 aromatic rings. The van der Waals surface area contributed by atoms with E-state index >= 15 is 0 Å². The third-order valence-electron chi connectivity index (χ3n) is 4.18. The Kier molecular flexibility index (Phi) is 4.59. The first-order chi connectivity index (χ1) is 10.5. The summed E-state index contributed by atoms with van der Waals surface area (Å²) >= 11 is 0. The average Bonchev–Trinajstić information content (AvgIpc) is 2.41. The van der Waals surface area contributed by atoms with Gasteiger partial charge >= 0.3 is 11.9 Å². The van der Waals surface area contributed by atoms with Crippen molar-refractivity contribution < 1.29 is 23.7 Å². The Morgan fingerprint density at radius 3 is 2.61 bits per heavy atom. The highest BCUT2D eigenvalue weighted by Crippen LogP contribution is 2.21. The highest BCUT2D eigenvalue weighted by Gasteiger charge is 2.47. The van der Waals surface area contributed by atoms with Gasteiger partial charge in [-0.15, -0.1) is 0 Å². The lowest BCUT2D eigenvalue weighted by Crippen LogP contribution is -2.59. The largest absolute Gasteiger partial charge is 0.445 e. The van der Waals surface area contributed by atoms with E-state index < -0.39 is 17.9 Å². The van der Waals surface area contributed by atoms with Crippen molar-refractivity contribution in [1.29, 1.82) is 0 Å². The number of nitrogens with zero attached hydrogens (tertiary/aromatic N) is 3. The molecule has 1 saturated heterocycles. The standard InChI is InChI=1S/C15H24N4O4/c1-9-6-19(8-15(2,3)23-9)7-10(20)11-12(16)17(4)14(22)18(5)13(11)21/h9,11,16H,6-8H2,1-5H3/p+1. The van der Waals surface area contributed by atoms with Gasteiger partial charge in [0.1, 0.15) is 0 Å². The number of amidine groups is 1. The maximum Gasteiger partial charge on any atom is 0.445 e. The second-order valence-corrected chi connectivity index (χ2v) is 6.92. The number of carbonyl (C=O) groups excluding carboxylic acids is 3. The minimum absolute atomic E-state index is 0.00172. The average molecular weight is 325 g/mol. The van der Waals surface area contributed by atoms with Crippen LogP contribution in [-0.4, -0.2) is 83.4 Å². The molecule has 23 heavy (non-hydrogen) atoms. The van der Waals surface area contributed by atoms with E-state index in [0.717, 1.165) is 9.48 Å². The van der Waals surface area contributed by atoms with Crippen molar-refractivity contribution in [1.82, 2.24) is 9.80 Å². The number of urea groups is 1. The van der Waals surface area contributed by atoms with Crippen LogP contribution >= 0.6 is 0 Å². The van der Waals surface area contributed by atoms with Crippen molar-refractivity contribution in [3.63, 3.8) is 0 Å². The van der Waals surface area contributed by atoms with Gasteiger partial charge in [-0.25, -0.2) is 9.37 Å². The summed E-state index contributed by atoms with van der Waals surface area (Å²) in [6.45, 7) is 7.18. The second kappa shape index (κ2) is 6.01. The zero-order valence-corrected chi connectivity index (χ0v) is 14.3. The Morgan fingerprint density at radius 1 is 1.43 bits per heavy atom. The molecule has 2 unspecified atom stereocenters. The second-order valence-electron chi connectivity index (χ2n) is 6.92. The molecule has 8 nitrogen and oxygen atoms in total. The monoisotopic (exact) mass is 325 g/mol. The number of nitrogens with two attached hydrogens (primary N) is 1. The molecule has 128 valence electrons. The smallest absolute Gasteiger partial charge is 0.370 e. The first-order valence-corrected chi connectivity index (χ1v) is 7.64. The first-order valence-electron chi connectivity index (χ1n) is 7.64. The van der Waals surface area contributed by atoms with E-state index in [4.69, 9.17) is 10.5 Å². The molecule has 0 aromatic heterocycles. The van der Waals surface area contributed by atoms with Crippen LogP contribution in [0.15, 0.2) is 0 Å². The van der Waals surface area contributed by atoms with Crippen molar-refractivity contribution in [3.05, 3.63) is 0 Å². The van der Waals surface area contributed by atoms with E-state index in [9.17, 15) is 14.4 Å². The highest BCUT2D eigenvalue weighted by atomic mass is 16.5. The summed E-state index contributed by atoms with van der Waals surface area (Å²) in [4.78, 5) is 39.6. The van der Waals surface area contributed by atoms with Crippen LogP contribution in [0.3, 0.4) is 0 Å². The lowest BCUT2D eigenvalue weighted by Gasteiger charge is -2.41. The van der Waals surface area contributed by atoms with Crippen molar-refractivity contribution in [2.75, 3.05) is 33.7 Å². The number of hydrogen-bond donors (Lipinski definition) is 1. The summed E-state index contributed by atoms with van der Waals surface area (Å²) in [6.07, 6.45) is 0.00172. The number of rotatable bonds is 3. The Balaban J connectivity index is 2.17. The number of ketones is 1. The molecule has 1 fully saturated rings. The van der Waals surface area contributed by atoms with Crippen molar-refractivity contribution in [2.45, 2.75) is 32.5 Å². The Bertz CT molecular complexity index is 584. The number of Topliss-reactive ketones (excluding diaryl/α,β-unsaturated/α-hetero) is 1. The van der Waals surface area contributed by atoms with Crippen molar-refractivity contribution >= 4 is 23.6 Å². The summed E-state index contributed by atoms with van der Waals surface area (Å²) in [6, 6.07) is -0.530. The molecule has 0 bridgehead atoms. The maximum absolute atomic E-state index is 12.6. The summed E-state index contributed by atoms with van der Waals surface area (Å²) in [5.74, 6) is -1.99. The van der Waals surface area contributed by atoms with Gasteiger partial charge in [-0.1, -0.05) is 0 Å². The van der Waals surface area contributed by atoms with Gasteiger partial charge in [0.05, 0.1) is 32.3 Å². The SMILES string of the molecule is CC1CN(CC(=O)C2C(=O)N(C)C(=O)[N+](C)=C2N)CC(C)(C)O1. The van der Waals surface area contributed by atoms with Gasteiger partial charge in [0.25, 0.3) is 0 Å². The molecule has 0 radical (unpaired) electrons. The lowest BCUT2D eigenvalue weighted by atomic mass is 9.97. The highest BCUT2D eigenvalue weighted by molar-refractivity contribution is 6.22. The topological polar surface area (TPSA) is 96.0 Å². The van der Waals surface area contributed by atoms with Crippen molar-refractivity contribution in [3.8, 4) is 0 Å². The molecule has 2 atom stereocenters. The molecule has 2 rings (SSSR count). The predicted octanol–water partition coefficient (Wildman–Crippen LogP) is -0.737. The van der Waals surface area contributed by atoms with E-state index in [0.29, 0.717) is 13.1 Å². The van der Waals surface area contributed by atoms with Gasteiger partial charge in [0.2, 0.25) is 5.84 Å². The van der Waals surface area contributed by atoms with Crippen molar-refractivity contribution in [2.24, 2.45) is 11.7 Å². The predicted molar refractivity (Wildman–Crippen MR) is 83.1 cm³/mol. The fraction of sp³-hybridized carbons (Fsp3) is 0.733. The fourth-order valence-corrected chi connectivity index (χ4v) is 3.26. The maximum atomic E-state index is 12.6. The summed E-state index contributed by atoms with van der Waals surface area (Å²) < 4.78 is 6.96. The van der Waals surface area contributed by atoms with Crippen LogP contribution in [0.2, 0.25) is 0 Å². The van der Waals surface area contributed by atoms with Gasteiger partial charge in [0, 0.05) is 13.1 Å². The number of carbonyl (C=O) groups is 3. The number of amides is 3. The third-order valence-corrected chi connectivity index (χ3v) is 4.18. The number of imide groups is 1. The summed E-state index contributed by atoms with van der Waals surface area (Å²) in [7, 11) is 2.81. The summed E-state index contributed by atoms with van der Waals surface area (Å²) in [5, 5.41) is 0. The molecule has 0 spiro atoms. The van der Waals surface area contributed by atoms with Crippen LogP contribution in [0.25, 0.3) is 0 Å². The molecule has 2 aliphatic heterocycles. The van der Waals surface area contributed by atoms with E-state index in [1.54, 1.807) is 0 Å². The lowest BCUT2D eigenvalue weighted by molar-refractivity contribution is -0.407. The minimum Gasteiger partial charge on any atom is -0.370 e. The molecule has 2 aliphatic rings. The first kappa shape index (κ1) is 17.6. The zero-order chi connectivity index (χ0) is 17.5. The molecular weight excluding hydrogens is 300 g/mol. The van der Waals surface area contributed by atoms with Gasteiger partial charge in [0.15, 0.2) is 11.7 Å². The third kappa shape index (κ3) is 3.42. The quantitative estimate of drug-likeness (QED) is 0.542. The van der Waals surface area contributed by atoms with Gasteiger partial charge in [-0.05, 0) is 20.8 Å². The molecule has 0 aromatic carbocycles. The molecule has 2 heterocycles. The normalized spacial score (nSPS) is 29.2. The molecule has 3 amide bonds. The van der Waals surface area contributed by atoms with Crippen LogP contribution in [-0.2, 0) is 14.3 Å². The fourth-order valence-electron chi connectivity index (χ4n) is 3.26. The van der Waals surface area contributed by atoms with Gasteiger partial charge in [-0.3, -0.25) is 14.5 Å². The molecule has 0 aliphatic carbocycles. The van der Waals surface area contributed by atoms with Crippen LogP contribution in [0.4, 0.5) is 4.79 Å². The van der Waals surface area contributed by atoms with Crippen LogP contribution in [0, 0.1) is 5.92 Å². The van der Waals surface area contributed by atoms with Crippen LogP contribution in [0.5, 0.6) is 0 Å². The molecular formula is C15H25N4O4+. The molecule has 2 N–H and O–H groups in total.